The van der Waals surface area contributed by atoms with Crippen LogP contribution < -0.4 is 9.08 Å². The van der Waals surface area contributed by atoms with Crippen LogP contribution >= 0.6 is 29.0 Å². The maximum atomic E-state index is 11.9. The molecule has 21 heavy (non-hydrogen) atoms. The van der Waals surface area contributed by atoms with Crippen LogP contribution in [0.25, 0.3) is 5.57 Å². The summed E-state index contributed by atoms with van der Waals surface area (Å²) in [6.45, 7) is 6.04. The summed E-state index contributed by atoms with van der Waals surface area (Å²) in [5.41, 5.74) is 3.03. The van der Waals surface area contributed by atoms with E-state index in [1.54, 1.807) is 18.3 Å². The molecule has 1 heterocycles. The molecule has 0 bridgehead atoms. The number of ether oxygens (including phenoxy) is 1. The summed E-state index contributed by atoms with van der Waals surface area (Å²) in [6, 6.07) is 7.15. The molecule has 0 aliphatic carbocycles. The van der Waals surface area contributed by atoms with Gasteiger partial charge in [0.25, 0.3) is 5.91 Å². The second-order valence-electron chi connectivity index (χ2n) is 4.40. The largest absolute Gasteiger partial charge is 0.472 e. The van der Waals surface area contributed by atoms with Gasteiger partial charge < -0.3 is 4.74 Å². The van der Waals surface area contributed by atoms with E-state index in [0.29, 0.717) is 11.4 Å². The fourth-order valence-electron chi connectivity index (χ4n) is 1.93. The topological polar surface area (TPSA) is 56.1 Å². The van der Waals surface area contributed by atoms with Gasteiger partial charge in [-0.2, -0.15) is 0 Å². The van der Waals surface area contributed by atoms with E-state index in [1.807, 2.05) is 19.1 Å². The van der Waals surface area contributed by atoms with Gasteiger partial charge in [0, 0.05) is 39.5 Å². The fraction of sp³-hybridized carbons (Fsp3) is 0.143. The third kappa shape index (κ3) is 3.68. The van der Waals surface area contributed by atoms with E-state index in [2.05, 4.69) is 45.0 Å². The van der Waals surface area contributed by atoms with Crippen LogP contribution in [0.15, 0.2) is 37.0 Å². The highest BCUT2D eigenvalue weighted by Crippen LogP contribution is 2.23. The predicted octanol–water partition coefficient (Wildman–Crippen LogP) is 3.23. The van der Waals surface area contributed by atoms with Crippen LogP contribution in [0.1, 0.15) is 28.4 Å². The monoisotopic (exact) mass is 367 g/mol. The van der Waals surface area contributed by atoms with E-state index >= 15 is 0 Å². The number of allylic oxidation sites excluding steroid dienone is 1. The summed E-state index contributed by atoms with van der Waals surface area (Å²) in [5, 5.41) is 4.02. The van der Waals surface area contributed by atoms with Crippen molar-refractivity contribution in [1.29, 1.82) is 0 Å². The summed E-state index contributed by atoms with van der Waals surface area (Å²) < 4.78 is 9.42. The van der Waals surface area contributed by atoms with Gasteiger partial charge in [-0.3, -0.25) is 9.14 Å². The Kier molecular flexibility index (Phi) is 5.08. The number of carbonyl (C=O) groups excluding carboxylic acids is 1. The first-order valence-corrected chi connectivity index (χ1v) is 7.28. The Morgan fingerprint density at radius 1 is 1.48 bits per heavy atom. The summed E-state index contributed by atoms with van der Waals surface area (Å²) in [5.74, 6) is 0.197. The number of rotatable bonds is 5. The molecular formula is C14H14BrN3O2S. The number of carbonyl (C=O) groups is 1. The zero-order valence-corrected chi connectivity index (χ0v) is 13.8. The number of nitrogens with zero attached hydrogens (tertiary/aromatic N) is 2. The third-order valence-electron chi connectivity index (χ3n) is 2.88. The van der Waals surface area contributed by atoms with Crippen LogP contribution in [0.5, 0.6) is 5.88 Å². The van der Waals surface area contributed by atoms with Gasteiger partial charge >= 0.3 is 0 Å². The second-order valence-corrected chi connectivity index (χ2v) is 5.20. The SMILES string of the molecule is C=C(C)c1cccc(C(=O)NBr)c1COc1ccn(S)n1. The molecular weight excluding hydrogens is 354 g/mol. The van der Waals surface area contributed by atoms with Crippen LogP contribution in [0, 0.1) is 0 Å². The van der Waals surface area contributed by atoms with E-state index in [1.165, 1.54) is 4.09 Å². The summed E-state index contributed by atoms with van der Waals surface area (Å²) in [7, 11) is 0. The molecule has 0 saturated carbocycles. The van der Waals surface area contributed by atoms with E-state index in [4.69, 9.17) is 4.74 Å². The molecule has 2 rings (SSSR count). The van der Waals surface area contributed by atoms with Crippen molar-refractivity contribution in [2.24, 2.45) is 0 Å². The Balaban J connectivity index is 2.34. The molecule has 1 amide bonds. The number of thiol groups is 1. The second kappa shape index (κ2) is 6.82. The highest BCUT2D eigenvalue weighted by molar-refractivity contribution is 9.08. The molecule has 110 valence electrons. The lowest BCUT2D eigenvalue weighted by atomic mass is 9.97. The average molecular weight is 368 g/mol. The molecule has 0 aliphatic heterocycles. The number of halogens is 1. The Bertz CT molecular complexity index is 685. The lowest BCUT2D eigenvalue weighted by Crippen LogP contribution is -2.16. The molecule has 0 unspecified atom stereocenters. The van der Waals surface area contributed by atoms with Gasteiger partial charge in [0.15, 0.2) is 0 Å². The first-order chi connectivity index (χ1) is 10.0. The lowest BCUT2D eigenvalue weighted by molar-refractivity contribution is 0.0984. The van der Waals surface area contributed by atoms with Crippen molar-refractivity contribution >= 4 is 40.4 Å². The maximum Gasteiger partial charge on any atom is 0.261 e. The number of hydrogen-bond acceptors (Lipinski definition) is 4. The van der Waals surface area contributed by atoms with Crippen molar-refractivity contribution in [3.63, 3.8) is 0 Å². The zero-order valence-electron chi connectivity index (χ0n) is 11.3. The zero-order chi connectivity index (χ0) is 15.4. The van der Waals surface area contributed by atoms with Gasteiger partial charge in [0.2, 0.25) is 5.88 Å². The van der Waals surface area contributed by atoms with Gasteiger partial charge in [-0.05, 0) is 31.4 Å². The van der Waals surface area contributed by atoms with Crippen molar-refractivity contribution in [3.8, 4) is 5.88 Å². The van der Waals surface area contributed by atoms with Crippen LogP contribution in [0.3, 0.4) is 0 Å². The Labute approximate surface area is 136 Å². The number of hydrogen-bond donors (Lipinski definition) is 2. The molecule has 5 nitrogen and oxygen atoms in total. The maximum absolute atomic E-state index is 11.9. The molecule has 0 atom stereocenters. The number of aromatic nitrogens is 2. The van der Waals surface area contributed by atoms with Crippen LogP contribution in [-0.4, -0.2) is 15.1 Å². The number of benzene rings is 1. The lowest BCUT2D eigenvalue weighted by Gasteiger charge is -2.14. The molecule has 7 heteroatoms. The van der Waals surface area contributed by atoms with Crippen molar-refractivity contribution in [2.75, 3.05) is 0 Å². The minimum absolute atomic E-state index is 0.212. The molecule has 1 aromatic carbocycles. The van der Waals surface area contributed by atoms with E-state index in [0.717, 1.165) is 16.7 Å². The standard InChI is InChI=1S/C14H14BrN3O2S/c1-9(2)10-4-3-5-11(14(19)16-15)12(10)8-20-13-6-7-18(21)17-13/h3-7,21H,1,8H2,2H3,(H,16,19). The molecule has 0 aliphatic rings. The fourth-order valence-corrected chi connectivity index (χ4v) is 2.30. The third-order valence-corrected chi connectivity index (χ3v) is 3.47. The molecule has 2 aromatic rings. The van der Waals surface area contributed by atoms with E-state index < -0.39 is 0 Å². The average Bonchev–Trinajstić information content (AvgIpc) is 2.89. The van der Waals surface area contributed by atoms with E-state index in [-0.39, 0.29) is 12.5 Å². The quantitative estimate of drug-likeness (QED) is 0.629. The van der Waals surface area contributed by atoms with Crippen molar-refractivity contribution in [1.82, 2.24) is 13.5 Å². The van der Waals surface area contributed by atoms with Gasteiger partial charge in [-0.25, -0.2) is 4.09 Å². The summed E-state index contributed by atoms with van der Waals surface area (Å²) in [6.07, 6.45) is 1.66. The number of amides is 1. The van der Waals surface area contributed by atoms with E-state index in [9.17, 15) is 4.79 Å². The first-order valence-electron chi connectivity index (χ1n) is 6.09. The normalized spacial score (nSPS) is 10.2. The van der Waals surface area contributed by atoms with Gasteiger partial charge in [-0.15, -0.1) is 5.10 Å². The predicted molar refractivity (Wildman–Crippen MR) is 88.5 cm³/mol. The Morgan fingerprint density at radius 2 is 2.19 bits per heavy atom. The van der Waals surface area contributed by atoms with Crippen molar-refractivity contribution in [2.45, 2.75) is 13.5 Å². The minimum Gasteiger partial charge on any atom is -0.472 e. The van der Waals surface area contributed by atoms with Crippen LogP contribution in [-0.2, 0) is 6.61 Å². The van der Waals surface area contributed by atoms with Gasteiger partial charge in [0.05, 0.1) is 0 Å². The van der Waals surface area contributed by atoms with Crippen LogP contribution in [0.2, 0.25) is 0 Å². The molecule has 0 radical (unpaired) electrons. The van der Waals surface area contributed by atoms with Crippen LogP contribution in [0.4, 0.5) is 0 Å². The highest BCUT2D eigenvalue weighted by Gasteiger charge is 2.15. The molecule has 0 fully saturated rings. The molecule has 0 saturated heterocycles. The minimum atomic E-state index is -0.239. The van der Waals surface area contributed by atoms with Crippen molar-refractivity contribution in [3.05, 3.63) is 53.7 Å². The summed E-state index contributed by atoms with van der Waals surface area (Å²) in [4.78, 5) is 11.9. The molecule has 1 aromatic heterocycles. The highest BCUT2D eigenvalue weighted by atomic mass is 79.9. The van der Waals surface area contributed by atoms with Crippen molar-refractivity contribution < 1.29 is 9.53 Å². The molecule has 1 N–H and O–H groups in total. The molecule has 0 spiro atoms. The van der Waals surface area contributed by atoms with Gasteiger partial charge in [-0.1, -0.05) is 24.3 Å². The van der Waals surface area contributed by atoms with Gasteiger partial charge in [0.1, 0.15) is 6.61 Å². The Morgan fingerprint density at radius 3 is 2.76 bits per heavy atom. The summed E-state index contributed by atoms with van der Waals surface area (Å²) >= 11 is 7.01. The number of nitrogens with one attached hydrogen (secondary N) is 1. The Hall–Kier alpha value is -1.73. The first kappa shape index (κ1) is 15.7. The smallest absolute Gasteiger partial charge is 0.261 e.